The molecule has 5 heteroatoms. The second-order valence-corrected chi connectivity index (χ2v) is 4.05. The van der Waals surface area contributed by atoms with Crippen LogP contribution in [0, 0.1) is 0 Å². The molecule has 3 aromatic rings. The van der Waals surface area contributed by atoms with Crippen molar-refractivity contribution in [2.45, 2.75) is 0 Å². The van der Waals surface area contributed by atoms with Crippen molar-refractivity contribution in [1.29, 1.82) is 0 Å². The summed E-state index contributed by atoms with van der Waals surface area (Å²) in [5.41, 5.74) is 8.54. The summed E-state index contributed by atoms with van der Waals surface area (Å²) in [4.78, 5) is 24.6. The summed E-state index contributed by atoms with van der Waals surface area (Å²) in [6.07, 6.45) is 6.23. The van der Waals surface area contributed by atoms with Crippen molar-refractivity contribution < 1.29 is 4.79 Å². The van der Waals surface area contributed by atoms with Crippen molar-refractivity contribution >= 4 is 22.5 Å². The van der Waals surface area contributed by atoms with Crippen LogP contribution in [0.15, 0.2) is 49.1 Å². The zero-order valence-corrected chi connectivity index (χ0v) is 9.95. The van der Waals surface area contributed by atoms with Crippen molar-refractivity contribution in [3.05, 3.63) is 60.2 Å². The van der Waals surface area contributed by atoms with Crippen molar-refractivity contribution in [2.75, 3.05) is 5.73 Å². The van der Waals surface area contributed by atoms with Gasteiger partial charge in [-0.2, -0.15) is 0 Å². The van der Waals surface area contributed by atoms with E-state index in [1.807, 2.05) is 0 Å². The standard InChI is InChI=1S/C14H10N4O/c15-11-3-4-16-8-10(11)14(19)9-1-2-12-13(7-9)18-6-5-17-12/h1-8H,(H2,15,16). The Hall–Kier alpha value is -2.82. The van der Waals surface area contributed by atoms with Gasteiger partial charge in [-0.1, -0.05) is 0 Å². The minimum atomic E-state index is -0.168. The number of nitrogens with two attached hydrogens (primary N) is 1. The van der Waals surface area contributed by atoms with Gasteiger partial charge in [0.15, 0.2) is 5.78 Å². The third kappa shape index (κ3) is 2.01. The largest absolute Gasteiger partial charge is 0.398 e. The number of pyridine rings is 1. The lowest BCUT2D eigenvalue weighted by molar-refractivity contribution is 0.103. The number of hydrogen-bond donors (Lipinski definition) is 1. The third-order valence-electron chi connectivity index (χ3n) is 2.83. The molecule has 0 bridgehead atoms. The Morgan fingerprint density at radius 3 is 2.58 bits per heavy atom. The number of ketones is 1. The lowest BCUT2D eigenvalue weighted by Crippen LogP contribution is -2.06. The summed E-state index contributed by atoms with van der Waals surface area (Å²) in [5.74, 6) is -0.168. The Kier molecular flexibility index (Phi) is 2.64. The molecule has 0 fully saturated rings. The zero-order chi connectivity index (χ0) is 13.2. The number of aromatic nitrogens is 3. The van der Waals surface area contributed by atoms with Crippen molar-refractivity contribution in [3.63, 3.8) is 0 Å². The van der Waals surface area contributed by atoms with Crippen LogP contribution in [0.2, 0.25) is 0 Å². The molecule has 2 N–H and O–H groups in total. The highest BCUT2D eigenvalue weighted by atomic mass is 16.1. The van der Waals surface area contributed by atoms with E-state index < -0.39 is 0 Å². The lowest BCUT2D eigenvalue weighted by Gasteiger charge is -2.04. The fourth-order valence-corrected chi connectivity index (χ4v) is 1.85. The van der Waals surface area contributed by atoms with Gasteiger partial charge in [-0.25, -0.2) is 0 Å². The molecular weight excluding hydrogens is 240 g/mol. The van der Waals surface area contributed by atoms with E-state index in [-0.39, 0.29) is 5.78 Å². The third-order valence-corrected chi connectivity index (χ3v) is 2.83. The predicted octanol–water partition coefficient (Wildman–Crippen LogP) is 1.84. The van der Waals surface area contributed by atoms with Crippen molar-refractivity contribution in [2.24, 2.45) is 0 Å². The van der Waals surface area contributed by atoms with Gasteiger partial charge < -0.3 is 5.73 Å². The van der Waals surface area contributed by atoms with Crippen LogP contribution in [0.25, 0.3) is 11.0 Å². The number of carbonyl (C=O) groups is 1. The quantitative estimate of drug-likeness (QED) is 0.702. The Bertz CT molecular complexity index is 770. The molecule has 0 spiro atoms. The molecule has 0 aliphatic heterocycles. The number of anilines is 1. The second kappa shape index (κ2) is 4.45. The smallest absolute Gasteiger partial charge is 0.196 e. The minimum absolute atomic E-state index is 0.168. The summed E-state index contributed by atoms with van der Waals surface area (Å²) in [5, 5.41) is 0. The van der Waals surface area contributed by atoms with Crippen molar-refractivity contribution in [3.8, 4) is 0 Å². The lowest BCUT2D eigenvalue weighted by atomic mass is 10.0. The molecular formula is C14H10N4O. The van der Waals surface area contributed by atoms with Crippen LogP contribution < -0.4 is 5.73 Å². The highest BCUT2D eigenvalue weighted by Crippen LogP contribution is 2.17. The Morgan fingerprint density at radius 2 is 1.79 bits per heavy atom. The average molecular weight is 250 g/mol. The molecule has 0 aliphatic rings. The number of carbonyl (C=O) groups excluding carboxylic acids is 1. The van der Waals surface area contributed by atoms with E-state index in [4.69, 9.17) is 5.73 Å². The first-order chi connectivity index (χ1) is 9.25. The van der Waals surface area contributed by atoms with Gasteiger partial charge in [0.1, 0.15) is 0 Å². The summed E-state index contributed by atoms with van der Waals surface area (Å²) >= 11 is 0. The van der Waals surface area contributed by atoms with E-state index in [9.17, 15) is 4.79 Å². The number of benzene rings is 1. The number of nitrogens with zero attached hydrogens (tertiary/aromatic N) is 3. The van der Waals surface area contributed by atoms with Crippen LogP contribution in [0.3, 0.4) is 0 Å². The summed E-state index contributed by atoms with van der Waals surface area (Å²) in [6.45, 7) is 0. The fraction of sp³-hybridized carbons (Fsp3) is 0. The highest BCUT2D eigenvalue weighted by molar-refractivity contribution is 6.12. The van der Waals surface area contributed by atoms with Gasteiger partial charge in [-0.05, 0) is 24.3 Å². The molecule has 5 nitrogen and oxygen atoms in total. The Morgan fingerprint density at radius 1 is 1.00 bits per heavy atom. The fourth-order valence-electron chi connectivity index (χ4n) is 1.85. The van der Waals surface area contributed by atoms with Crippen LogP contribution in [0.5, 0.6) is 0 Å². The molecule has 92 valence electrons. The molecule has 2 heterocycles. The SMILES string of the molecule is Nc1ccncc1C(=O)c1ccc2nccnc2c1. The minimum Gasteiger partial charge on any atom is -0.398 e. The van der Waals surface area contributed by atoms with E-state index in [1.165, 1.54) is 6.20 Å². The average Bonchev–Trinajstić information content (AvgIpc) is 2.46. The van der Waals surface area contributed by atoms with E-state index >= 15 is 0 Å². The normalized spacial score (nSPS) is 10.5. The summed E-state index contributed by atoms with van der Waals surface area (Å²) < 4.78 is 0. The van der Waals surface area contributed by atoms with Crippen LogP contribution >= 0.6 is 0 Å². The molecule has 2 aromatic heterocycles. The molecule has 0 saturated heterocycles. The van der Waals surface area contributed by atoms with E-state index in [0.717, 1.165) is 5.52 Å². The molecule has 0 saturated carbocycles. The maximum Gasteiger partial charge on any atom is 0.196 e. The summed E-state index contributed by atoms with van der Waals surface area (Å²) in [7, 11) is 0. The van der Waals surface area contributed by atoms with E-state index in [0.29, 0.717) is 22.3 Å². The molecule has 0 amide bonds. The monoisotopic (exact) mass is 250 g/mol. The first kappa shape index (κ1) is 11.3. The van der Waals surface area contributed by atoms with Crippen LogP contribution in [-0.2, 0) is 0 Å². The number of fused-ring (bicyclic) bond motifs is 1. The number of hydrogen-bond acceptors (Lipinski definition) is 5. The maximum absolute atomic E-state index is 12.3. The van der Waals surface area contributed by atoms with Gasteiger partial charge in [-0.15, -0.1) is 0 Å². The molecule has 0 atom stereocenters. The second-order valence-electron chi connectivity index (χ2n) is 4.05. The first-order valence-corrected chi connectivity index (χ1v) is 5.70. The van der Waals surface area contributed by atoms with Gasteiger partial charge in [0.2, 0.25) is 0 Å². The van der Waals surface area contributed by atoms with Crippen LogP contribution in [-0.4, -0.2) is 20.7 Å². The van der Waals surface area contributed by atoms with Gasteiger partial charge in [0.25, 0.3) is 0 Å². The van der Waals surface area contributed by atoms with Crippen LogP contribution in [0.4, 0.5) is 5.69 Å². The number of nitrogen functional groups attached to an aromatic ring is 1. The summed E-state index contributed by atoms with van der Waals surface area (Å²) in [6, 6.07) is 6.79. The molecule has 19 heavy (non-hydrogen) atoms. The van der Waals surface area contributed by atoms with Crippen LogP contribution in [0.1, 0.15) is 15.9 Å². The zero-order valence-electron chi connectivity index (χ0n) is 9.95. The molecule has 0 aliphatic carbocycles. The van der Waals surface area contributed by atoms with Gasteiger partial charge in [0.05, 0.1) is 16.6 Å². The molecule has 0 unspecified atom stereocenters. The topological polar surface area (TPSA) is 81.8 Å². The van der Waals surface area contributed by atoms with E-state index in [2.05, 4.69) is 15.0 Å². The predicted molar refractivity (Wildman–Crippen MR) is 71.6 cm³/mol. The van der Waals surface area contributed by atoms with Crippen molar-refractivity contribution in [1.82, 2.24) is 15.0 Å². The molecule has 1 aromatic carbocycles. The molecule has 0 radical (unpaired) electrons. The van der Waals surface area contributed by atoms with Gasteiger partial charge in [-0.3, -0.25) is 19.7 Å². The Balaban J connectivity index is 2.09. The molecule has 3 rings (SSSR count). The van der Waals surface area contributed by atoms with Gasteiger partial charge in [0, 0.05) is 36.0 Å². The maximum atomic E-state index is 12.3. The first-order valence-electron chi connectivity index (χ1n) is 5.70. The Labute approximate surface area is 109 Å². The van der Waals surface area contributed by atoms with Gasteiger partial charge >= 0.3 is 0 Å². The highest BCUT2D eigenvalue weighted by Gasteiger charge is 2.13. The number of rotatable bonds is 2. The van der Waals surface area contributed by atoms with E-state index in [1.54, 1.807) is 42.9 Å².